The lowest BCUT2D eigenvalue weighted by molar-refractivity contribution is 0.0183. The summed E-state index contributed by atoms with van der Waals surface area (Å²) < 4.78 is 5.80. The third kappa shape index (κ3) is 6.24. The molecule has 1 aromatic rings. The van der Waals surface area contributed by atoms with Crippen molar-refractivity contribution >= 4 is 11.8 Å². The summed E-state index contributed by atoms with van der Waals surface area (Å²) in [5.41, 5.74) is 7.34. The number of anilines is 1. The van der Waals surface area contributed by atoms with Gasteiger partial charge in [0.1, 0.15) is 5.60 Å². The molecule has 1 unspecified atom stereocenters. The summed E-state index contributed by atoms with van der Waals surface area (Å²) in [6, 6.07) is 8.92. The van der Waals surface area contributed by atoms with Crippen molar-refractivity contribution in [3.63, 3.8) is 0 Å². The second-order valence-electron chi connectivity index (χ2n) is 10.7. The molecular formula is C29H45N3O2. The molecule has 0 aromatic heterocycles. The van der Waals surface area contributed by atoms with E-state index < -0.39 is 5.60 Å². The molecule has 1 atom stereocenters. The highest BCUT2D eigenvalue weighted by atomic mass is 16.6. The van der Waals surface area contributed by atoms with E-state index in [0.29, 0.717) is 12.5 Å². The van der Waals surface area contributed by atoms with Gasteiger partial charge in [-0.3, -0.25) is 4.90 Å². The molecule has 2 aliphatic rings. The van der Waals surface area contributed by atoms with Gasteiger partial charge >= 0.3 is 6.09 Å². The van der Waals surface area contributed by atoms with Gasteiger partial charge in [0.25, 0.3) is 0 Å². The summed E-state index contributed by atoms with van der Waals surface area (Å²) in [6.07, 6.45) is 4.89. The number of nitrogens with one attached hydrogen (secondary N) is 2. The Balaban J connectivity index is 1.99. The predicted octanol–water partition coefficient (Wildman–Crippen LogP) is 6.99. The zero-order chi connectivity index (χ0) is 24.9. The number of carbonyl (C=O) groups excluding carboxylic acids is 1. The summed E-state index contributed by atoms with van der Waals surface area (Å²) in [5, 5.41) is 7.34. The van der Waals surface area contributed by atoms with Crippen LogP contribution in [0.15, 0.2) is 46.7 Å². The molecule has 2 heterocycles. The normalized spacial score (nSPS) is 20.7. The highest BCUT2D eigenvalue weighted by Crippen LogP contribution is 2.36. The van der Waals surface area contributed by atoms with Crippen LogP contribution < -0.4 is 10.6 Å². The third-order valence-corrected chi connectivity index (χ3v) is 7.19. The van der Waals surface area contributed by atoms with E-state index in [9.17, 15) is 4.79 Å². The minimum atomic E-state index is -0.508. The zero-order valence-corrected chi connectivity index (χ0v) is 22.4. The van der Waals surface area contributed by atoms with Gasteiger partial charge in [-0.05, 0) is 94.7 Å². The van der Waals surface area contributed by atoms with E-state index >= 15 is 0 Å². The maximum Gasteiger partial charge on any atom is 0.410 e. The lowest BCUT2D eigenvalue weighted by atomic mass is 9.86. The smallest absolute Gasteiger partial charge is 0.410 e. The standard InChI is InChI=1S/C29H45N3O2/c1-8-20(4)24-15-17-30-19-26-27(24)25(16-18-32(26)28(33)34-29(5,6)7)31-23-13-11-22(12-14-23)21(9-2)10-3/h11-14,21,26,30-31H,8-10,15-19H2,1-7H3. The number of hydrogen-bond donors (Lipinski definition) is 2. The summed E-state index contributed by atoms with van der Waals surface area (Å²) in [7, 11) is 0. The van der Waals surface area contributed by atoms with Crippen LogP contribution in [0.2, 0.25) is 0 Å². The topological polar surface area (TPSA) is 53.6 Å². The monoisotopic (exact) mass is 467 g/mol. The molecule has 2 aliphatic heterocycles. The van der Waals surface area contributed by atoms with Gasteiger partial charge < -0.3 is 15.4 Å². The van der Waals surface area contributed by atoms with Crippen LogP contribution in [0.1, 0.15) is 92.1 Å². The van der Waals surface area contributed by atoms with Crippen LogP contribution in [0.3, 0.4) is 0 Å². The number of amides is 1. The lowest BCUT2D eigenvalue weighted by Gasteiger charge is -2.40. The maximum atomic E-state index is 13.2. The van der Waals surface area contributed by atoms with E-state index in [-0.39, 0.29) is 12.1 Å². The number of hydrogen-bond acceptors (Lipinski definition) is 4. The van der Waals surface area contributed by atoms with E-state index in [1.165, 1.54) is 28.0 Å². The van der Waals surface area contributed by atoms with E-state index in [1.807, 2.05) is 25.7 Å². The van der Waals surface area contributed by atoms with Crippen molar-refractivity contribution in [2.24, 2.45) is 0 Å². The second-order valence-corrected chi connectivity index (χ2v) is 10.7. The minimum absolute atomic E-state index is 0.0334. The Morgan fingerprint density at radius 3 is 2.41 bits per heavy atom. The lowest BCUT2D eigenvalue weighted by Crippen LogP contribution is -2.51. The van der Waals surface area contributed by atoms with Crippen LogP contribution in [-0.4, -0.2) is 42.3 Å². The number of allylic oxidation sites excluding steroid dienone is 1. The van der Waals surface area contributed by atoms with Gasteiger partial charge in [0.05, 0.1) is 6.04 Å². The van der Waals surface area contributed by atoms with Gasteiger partial charge in [-0.1, -0.05) is 38.5 Å². The van der Waals surface area contributed by atoms with Crippen molar-refractivity contribution in [3.8, 4) is 0 Å². The summed E-state index contributed by atoms with van der Waals surface area (Å²) in [4.78, 5) is 15.1. The van der Waals surface area contributed by atoms with Crippen LogP contribution in [0.4, 0.5) is 10.5 Å². The molecule has 34 heavy (non-hydrogen) atoms. The van der Waals surface area contributed by atoms with Gasteiger partial charge in [0.15, 0.2) is 0 Å². The maximum absolute atomic E-state index is 13.2. The van der Waals surface area contributed by atoms with Crippen LogP contribution in [0.25, 0.3) is 0 Å². The van der Waals surface area contributed by atoms with Gasteiger partial charge in [0.2, 0.25) is 0 Å². The average molecular weight is 468 g/mol. The molecular weight excluding hydrogens is 422 g/mol. The Kier molecular flexibility index (Phi) is 8.86. The Labute approximate surface area is 207 Å². The van der Waals surface area contributed by atoms with Gasteiger partial charge in [-0.15, -0.1) is 0 Å². The molecule has 5 heteroatoms. The number of benzene rings is 1. The minimum Gasteiger partial charge on any atom is -0.444 e. The van der Waals surface area contributed by atoms with Crippen molar-refractivity contribution in [2.45, 2.75) is 98.1 Å². The van der Waals surface area contributed by atoms with Gasteiger partial charge in [-0.25, -0.2) is 4.79 Å². The molecule has 3 rings (SSSR count). The molecule has 1 aromatic carbocycles. The molecule has 5 nitrogen and oxygen atoms in total. The molecule has 0 aliphatic carbocycles. The molecule has 0 bridgehead atoms. The van der Waals surface area contributed by atoms with Crippen molar-refractivity contribution in [1.29, 1.82) is 0 Å². The molecule has 1 saturated heterocycles. The third-order valence-electron chi connectivity index (χ3n) is 7.19. The molecule has 0 saturated carbocycles. The van der Waals surface area contributed by atoms with Crippen molar-refractivity contribution < 1.29 is 9.53 Å². The molecule has 0 radical (unpaired) electrons. The first-order valence-electron chi connectivity index (χ1n) is 13.2. The van der Waals surface area contributed by atoms with Crippen molar-refractivity contribution in [3.05, 3.63) is 52.2 Å². The van der Waals surface area contributed by atoms with Crippen LogP contribution in [-0.2, 0) is 4.74 Å². The number of fused-ring (bicyclic) bond motifs is 1. The summed E-state index contributed by atoms with van der Waals surface area (Å²) in [5.74, 6) is 0.618. The quantitative estimate of drug-likeness (QED) is 0.474. The number of ether oxygens (including phenoxy) is 1. The van der Waals surface area contributed by atoms with E-state index in [0.717, 1.165) is 50.9 Å². The van der Waals surface area contributed by atoms with Crippen LogP contribution in [0, 0.1) is 0 Å². The molecule has 0 spiro atoms. The van der Waals surface area contributed by atoms with E-state index in [1.54, 1.807) is 0 Å². The predicted molar refractivity (Wildman–Crippen MR) is 142 cm³/mol. The Hall–Kier alpha value is -2.27. The van der Waals surface area contributed by atoms with Gasteiger partial charge in [0, 0.05) is 30.9 Å². The largest absolute Gasteiger partial charge is 0.444 e. The van der Waals surface area contributed by atoms with E-state index in [2.05, 4.69) is 62.6 Å². The van der Waals surface area contributed by atoms with E-state index in [4.69, 9.17) is 4.74 Å². The molecule has 1 fully saturated rings. The van der Waals surface area contributed by atoms with Crippen molar-refractivity contribution in [2.75, 3.05) is 25.0 Å². The summed E-state index contributed by atoms with van der Waals surface area (Å²) >= 11 is 0. The second kappa shape index (κ2) is 11.4. The highest BCUT2D eigenvalue weighted by Gasteiger charge is 2.38. The number of nitrogens with zero attached hydrogens (tertiary/aromatic N) is 1. The molecule has 188 valence electrons. The highest BCUT2D eigenvalue weighted by molar-refractivity contribution is 5.71. The molecule has 2 N–H and O–H groups in total. The Morgan fingerprint density at radius 1 is 1.15 bits per heavy atom. The average Bonchev–Trinajstić information content (AvgIpc) is 3.03. The number of carbonyl (C=O) groups is 1. The fraction of sp³-hybridized carbons (Fsp3) is 0.621. The fourth-order valence-electron chi connectivity index (χ4n) is 5.16. The SMILES string of the molecule is CCC(C)=C1CCNCC2C1=C(Nc1ccc(C(CC)CC)cc1)CCN2C(=O)OC(C)(C)C. The first-order chi connectivity index (χ1) is 16.2. The van der Waals surface area contributed by atoms with Crippen LogP contribution >= 0.6 is 0 Å². The van der Waals surface area contributed by atoms with Gasteiger partial charge in [-0.2, -0.15) is 0 Å². The fourth-order valence-corrected chi connectivity index (χ4v) is 5.16. The summed E-state index contributed by atoms with van der Waals surface area (Å²) in [6.45, 7) is 17.1. The molecule has 1 amide bonds. The zero-order valence-electron chi connectivity index (χ0n) is 22.4. The van der Waals surface area contributed by atoms with Crippen LogP contribution in [0.5, 0.6) is 0 Å². The van der Waals surface area contributed by atoms with Crippen molar-refractivity contribution in [1.82, 2.24) is 10.2 Å². The first kappa shape index (κ1) is 26.3. The Bertz CT molecular complexity index is 904. The Morgan fingerprint density at radius 2 is 1.82 bits per heavy atom. The first-order valence-corrected chi connectivity index (χ1v) is 13.2. The number of rotatable bonds is 6.